The van der Waals surface area contributed by atoms with Crippen LogP contribution in [0, 0.1) is 12.8 Å². The van der Waals surface area contributed by atoms with E-state index in [4.69, 9.17) is 0 Å². The minimum Gasteiger partial charge on any atom is -0.382 e. The van der Waals surface area contributed by atoms with E-state index in [1.54, 1.807) is 0 Å². The molecule has 0 bridgehead atoms. The van der Waals surface area contributed by atoms with Crippen LogP contribution in [-0.2, 0) is 0 Å². The van der Waals surface area contributed by atoms with E-state index in [9.17, 15) is 0 Å². The lowest BCUT2D eigenvalue weighted by molar-refractivity contribution is 0.309. The van der Waals surface area contributed by atoms with E-state index < -0.39 is 0 Å². The van der Waals surface area contributed by atoms with Crippen LogP contribution < -0.4 is 5.32 Å². The molecule has 0 heterocycles. The Morgan fingerprint density at radius 2 is 1.77 bits per heavy atom. The predicted octanol–water partition coefficient (Wildman–Crippen LogP) is 3.21. The third-order valence-electron chi connectivity index (χ3n) is 2.80. The molecule has 1 aromatic carbocycles. The molecule has 2 rings (SSSR count). The van der Waals surface area contributed by atoms with Gasteiger partial charge in [0.1, 0.15) is 0 Å². The van der Waals surface area contributed by atoms with Crippen LogP contribution in [0.15, 0.2) is 24.3 Å². The van der Waals surface area contributed by atoms with Gasteiger partial charge in [0.05, 0.1) is 0 Å². The summed E-state index contributed by atoms with van der Waals surface area (Å²) in [5, 5.41) is 3.54. The lowest BCUT2D eigenvalue weighted by atomic mass is 9.82. The van der Waals surface area contributed by atoms with Gasteiger partial charge in [-0.2, -0.15) is 0 Å². The predicted molar refractivity (Wildman–Crippen MR) is 57.0 cm³/mol. The molecule has 0 saturated heterocycles. The molecule has 1 heteroatoms. The molecular weight excluding hydrogens is 158 g/mol. The first kappa shape index (κ1) is 8.61. The standard InChI is InChI=1S/C12H17N/c1-9-3-5-11(6-4-9)13-12-7-10(2)8-12/h3-6,10,12-13H,7-8H2,1-2H3. The number of hydrogen-bond donors (Lipinski definition) is 1. The van der Waals surface area contributed by atoms with Crippen molar-refractivity contribution in [2.75, 3.05) is 5.32 Å². The lowest BCUT2D eigenvalue weighted by Gasteiger charge is -2.34. The molecule has 0 radical (unpaired) electrons. The maximum atomic E-state index is 3.54. The number of anilines is 1. The first-order valence-corrected chi connectivity index (χ1v) is 5.07. The Balaban J connectivity index is 1.91. The van der Waals surface area contributed by atoms with Gasteiger partial charge in [-0.05, 0) is 37.8 Å². The van der Waals surface area contributed by atoms with Crippen LogP contribution in [0.1, 0.15) is 25.3 Å². The SMILES string of the molecule is Cc1ccc(NC2CC(C)C2)cc1. The maximum absolute atomic E-state index is 3.54. The Bertz CT molecular complexity index is 270. The van der Waals surface area contributed by atoms with Crippen LogP contribution in [0.4, 0.5) is 5.69 Å². The molecule has 0 atom stereocenters. The van der Waals surface area contributed by atoms with Crippen LogP contribution >= 0.6 is 0 Å². The van der Waals surface area contributed by atoms with E-state index >= 15 is 0 Å². The fourth-order valence-corrected chi connectivity index (χ4v) is 1.91. The molecule has 1 saturated carbocycles. The quantitative estimate of drug-likeness (QED) is 0.727. The number of benzene rings is 1. The second-order valence-electron chi connectivity index (χ2n) is 4.28. The van der Waals surface area contributed by atoms with Gasteiger partial charge in [0, 0.05) is 11.7 Å². The fourth-order valence-electron chi connectivity index (χ4n) is 1.91. The summed E-state index contributed by atoms with van der Waals surface area (Å²) in [6, 6.07) is 9.36. The number of nitrogens with one attached hydrogen (secondary N) is 1. The number of aryl methyl sites for hydroxylation is 1. The average molecular weight is 175 g/mol. The van der Waals surface area contributed by atoms with Gasteiger partial charge in [0.25, 0.3) is 0 Å². The molecule has 0 aliphatic heterocycles. The molecule has 0 unspecified atom stereocenters. The zero-order valence-corrected chi connectivity index (χ0v) is 8.38. The minimum absolute atomic E-state index is 0.720. The molecule has 0 amide bonds. The van der Waals surface area contributed by atoms with Crippen molar-refractivity contribution in [3.8, 4) is 0 Å². The van der Waals surface area contributed by atoms with Crippen molar-refractivity contribution < 1.29 is 0 Å². The van der Waals surface area contributed by atoms with E-state index in [-0.39, 0.29) is 0 Å². The van der Waals surface area contributed by atoms with Crippen molar-refractivity contribution in [3.63, 3.8) is 0 Å². The molecule has 70 valence electrons. The van der Waals surface area contributed by atoms with Gasteiger partial charge in [0.15, 0.2) is 0 Å². The molecule has 0 aromatic heterocycles. The Kier molecular flexibility index (Phi) is 2.26. The van der Waals surface area contributed by atoms with Gasteiger partial charge in [-0.25, -0.2) is 0 Å². The summed E-state index contributed by atoms with van der Waals surface area (Å²) in [6.45, 7) is 4.43. The summed E-state index contributed by atoms with van der Waals surface area (Å²) in [6.07, 6.45) is 2.65. The van der Waals surface area contributed by atoms with E-state index in [1.807, 2.05) is 0 Å². The molecule has 1 nitrogen and oxygen atoms in total. The van der Waals surface area contributed by atoms with Gasteiger partial charge >= 0.3 is 0 Å². The highest BCUT2D eigenvalue weighted by Gasteiger charge is 2.24. The van der Waals surface area contributed by atoms with Crippen LogP contribution in [0.25, 0.3) is 0 Å². The third kappa shape index (κ3) is 2.03. The normalized spacial score (nSPS) is 26.6. The summed E-state index contributed by atoms with van der Waals surface area (Å²) in [5.41, 5.74) is 2.59. The summed E-state index contributed by atoms with van der Waals surface area (Å²) < 4.78 is 0. The van der Waals surface area contributed by atoms with Crippen LogP contribution in [0.3, 0.4) is 0 Å². The maximum Gasteiger partial charge on any atom is 0.0342 e. The van der Waals surface area contributed by atoms with Crippen LogP contribution in [0.2, 0.25) is 0 Å². The van der Waals surface area contributed by atoms with Crippen molar-refractivity contribution in [2.24, 2.45) is 5.92 Å². The molecule has 0 spiro atoms. The number of hydrogen-bond acceptors (Lipinski definition) is 1. The van der Waals surface area contributed by atoms with Crippen molar-refractivity contribution in [3.05, 3.63) is 29.8 Å². The van der Waals surface area contributed by atoms with E-state index in [1.165, 1.54) is 24.1 Å². The zero-order chi connectivity index (χ0) is 9.26. The summed E-state index contributed by atoms with van der Waals surface area (Å²) >= 11 is 0. The van der Waals surface area contributed by atoms with Crippen molar-refractivity contribution >= 4 is 5.69 Å². The van der Waals surface area contributed by atoms with Crippen LogP contribution in [0.5, 0.6) is 0 Å². The first-order valence-electron chi connectivity index (χ1n) is 5.07. The Labute approximate surface area is 80.2 Å². The second kappa shape index (κ2) is 3.41. The zero-order valence-electron chi connectivity index (χ0n) is 8.38. The Morgan fingerprint density at radius 3 is 2.31 bits per heavy atom. The minimum atomic E-state index is 0.720. The van der Waals surface area contributed by atoms with Crippen molar-refractivity contribution in [2.45, 2.75) is 32.7 Å². The number of rotatable bonds is 2. The largest absolute Gasteiger partial charge is 0.382 e. The summed E-state index contributed by atoms with van der Waals surface area (Å²) in [7, 11) is 0. The lowest BCUT2D eigenvalue weighted by Crippen LogP contribution is -2.33. The molecular formula is C12H17N. The summed E-state index contributed by atoms with van der Waals surface area (Å²) in [4.78, 5) is 0. The molecule has 13 heavy (non-hydrogen) atoms. The third-order valence-corrected chi connectivity index (χ3v) is 2.80. The smallest absolute Gasteiger partial charge is 0.0342 e. The molecule has 1 fully saturated rings. The molecule has 1 aliphatic carbocycles. The van der Waals surface area contributed by atoms with Gasteiger partial charge in [-0.15, -0.1) is 0 Å². The average Bonchev–Trinajstić information content (AvgIpc) is 2.06. The van der Waals surface area contributed by atoms with Crippen molar-refractivity contribution in [1.29, 1.82) is 0 Å². The van der Waals surface area contributed by atoms with Crippen LogP contribution in [-0.4, -0.2) is 6.04 Å². The van der Waals surface area contributed by atoms with Gasteiger partial charge in [-0.1, -0.05) is 24.6 Å². The van der Waals surface area contributed by atoms with Gasteiger partial charge in [-0.3, -0.25) is 0 Å². The van der Waals surface area contributed by atoms with E-state index in [2.05, 4.69) is 43.4 Å². The first-order chi connectivity index (χ1) is 6.24. The molecule has 1 N–H and O–H groups in total. The van der Waals surface area contributed by atoms with E-state index in [0.29, 0.717) is 0 Å². The summed E-state index contributed by atoms with van der Waals surface area (Å²) in [5.74, 6) is 0.919. The van der Waals surface area contributed by atoms with Crippen molar-refractivity contribution in [1.82, 2.24) is 0 Å². The fraction of sp³-hybridized carbons (Fsp3) is 0.500. The Hall–Kier alpha value is -0.980. The Morgan fingerprint density at radius 1 is 1.15 bits per heavy atom. The van der Waals surface area contributed by atoms with E-state index in [0.717, 1.165) is 12.0 Å². The van der Waals surface area contributed by atoms with Gasteiger partial charge in [0.2, 0.25) is 0 Å². The van der Waals surface area contributed by atoms with Gasteiger partial charge < -0.3 is 5.32 Å². The highest BCUT2D eigenvalue weighted by Crippen LogP contribution is 2.29. The highest BCUT2D eigenvalue weighted by atomic mass is 14.9. The second-order valence-corrected chi connectivity index (χ2v) is 4.28. The highest BCUT2D eigenvalue weighted by molar-refractivity contribution is 5.45. The topological polar surface area (TPSA) is 12.0 Å². The molecule has 1 aliphatic rings. The molecule has 1 aromatic rings. The monoisotopic (exact) mass is 175 g/mol.